The summed E-state index contributed by atoms with van der Waals surface area (Å²) < 4.78 is 12.3. The van der Waals surface area contributed by atoms with Crippen molar-refractivity contribution in [2.75, 3.05) is 27.4 Å². The molecule has 1 aromatic heterocycles. The van der Waals surface area contributed by atoms with Gasteiger partial charge in [-0.05, 0) is 36.8 Å². The van der Waals surface area contributed by atoms with Gasteiger partial charge in [0.1, 0.15) is 5.69 Å². The van der Waals surface area contributed by atoms with Crippen LogP contribution in [0.15, 0.2) is 54.7 Å². The summed E-state index contributed by atoms with van der Waals surface area (Å²) in [4.78, 5) is 12.7. The second kappa shape index (κ2) is 9.05. The minimum atomic E-state index is -0.250. The van der Waals surface area contributed by atoms with Crippen molar-refractivity contribution in [1.82, 2.24) is 15.1 Å². The lowest BCUT2D eigenvalue weighted by atomic mass is 10.1. The number of aliphatic hydroxyl groups is 1. The lowest BCUT2D eigenvalue weighted by Gasteiger charge is -2.09. The van der Waals surface area contributed by atoms with E-state index >= 15 is 0 Å². The molecular formula is C21H23N3O4. The van der Waals surface area contributed by atoms with Crippen molar-refractivity contribution in [3.8, 4) is 28.4 Å². The fraction of sp³-hybridized carbons (Fsp3) is 0.238. The Morgan fingerprint density at radius 3 is 2.54 bits per heavy atom. The van der Waals surface area contributed by atoms with Crippen molar-refractivity contribution in [1.29, 1.82) is 0 Å². The second-order valence-electron chi connectivity index (χ2n) is 6.07. The van der Waals surface area contributed by atoms with Crippen LogP contribution in [0, 0.1) is 0 Å². The van der Waals surface area contributed by atoms with Crippen molar-refractivity contribution < 1.29 is 19.4 Å². The molecule has 1 heterocycles. The van der Waals surface area contributed by atoms with Crippen LogP contribution in [0.4, 0.5) is 0 Å². The first-order valence-electron chi connectivity index (χ1n) is 8.94. The molecule has 7 heteroatoms. The summed E-state index contributed by atoms with van der Waals surface area (Å²) in [5.74, 6) is 0.906. The van der Waals surface area contributed by atoms with Crippen molar-refractivity contribution >= 4 is 5.91 Å². The van der Waals surface area contributed by atoms with Crippen molar-refractivity contribution in [2.24, 2.45) is 0 Å². The molecule has 0 bridgehead atoms. The zero-order chi connectivity index (χ0) is 19.9. The van der Waals surface area contributed by atoms with Gasteiger partial charge in [0.2, 0.25) is 0 Å². The molecule has 2 N–H and O–H groups in total. The molecule has 3 aromatic rings. The van der Waals surface area contributed by atoms with Gasteiger partial charge >= 0.3 is 0 Å². The second-order valence-corrected chi connectivity index (χ2v) is 6.07. The maximum atomic E-state index is 12.7. The Morgan fingerprint density at radius 2 is 1.86 bits per heavy atom. The topological polar surface area (TPSA) is 85.6 Å². The third-order valence-corrected chi connectivity index (χ3v) is 4.26. The summed E-state index contributed by atoms with van der Waals surface area (Å²) in [6.45, 7) is 0.406. The van der Waals surface area contributed by atoms with Gasteiger partial charge in [0.15, 0.2) is 11.5 Å². The van der Waals surface area contributed by atoms with E-state index in [2.05, 4.69) is 10.4 Å². The maximum Gasteiger partial charge on any atom is 0.255 e. The van der Waals surface area contributed by atoms with Crippen LogP contribution in [0.25, 0.3) is 16.9 Å². The molecule has 0 aliphatic carbocycles. The van der Waals surface area contributed by atoms with E-state index in [-0.39, 0.29) is 12.5 Å². The van der Waals surface area contributed by atoms with Gasteiger partial charge in [0.05, 0.1) is 25.5 Å². The first-order chi connectivity index (χ1) is 13.7. The number of aliphatic hydroxyl groups excluding tert-OH is 1. The molecule has 0 atom stereocenters. The zero-order valence-electron chi connectivity index (χ0n) is 15.9. The Bertz CT molecular complexity index is 938. The van der Waals surface area contributed by atoms with Crippen LogP contribution < -0.4 is 14.8 Å². The summed E-state index contributed by atoms with van der Waals surface area (Å²) in [6.07, 6.45) is 2.19. The predicted octanol–water partition coefficient (Wildman–Crippen LogP) is 2.67. The standard InChI is InChI=1S/C21H23N3O4/c1-27-18-10-9-15(13-19(18)28-2)20-17(21(26)22-11-6-12-25)14-24(23-20)16-7-4-3-5-8-16/h3-5,7-10,13-14,25H,6,11-12H2,1-2H3,(H,22,26). The summed E-state index contributed by atoms with van der Waals surface area (Å²) in [7, 11) is 3.13. The Morgan fingerprint density at radius 1 is 1.11 bits per heavy atom. The van der Waals surface area contributed by atoms with E-state index < -0.39 is 0 Å². The lowest BCUT2D eigenvalue weighted by Crippen LogP contribution is -2.25. The predicted molar refractivity (Wildman–Crippen MR) is 106 cm³/mol. The number of hydrogen-bond donors (Lipinski definition) is 2. The van der Waals surface area contributed by atoms with Crippen LogP contribution in [-0.4, -0.2) is 48.2 Å². The van der Waals surface area contributed by atoms with E-state index in [0.29, 0.717) is 35.7 Å². The Kier molecular flexibility index (Phi) is 6.29. The molecule has 28 heavy (non-hydrogen) atoms. The summed E-state index contributed by atoms with van der Waals surface area (Å²) >= 11 is 0. The fourth-order valence-electron chi connectivity index (χ4n) is 2.83. The number of carbonyl (C=O) groups excluding carboxylic acids is 1. The molecule has 0 saturated heterocycles. The van der Waals surface area contributed by atoms with Crippen LogP contribution in [0.1, 0.15) is 16.8 Å². The summed E-state index contributed by atoms with van der Waals surface area (Å²) in [5, 5.41) is 16.4. The minimum absolute atomic E-state index is 0.0199. The Labute approximate surface area is 163 Å². The van der Waals surface area contributed by atoms with Gasteiger partial charge in [-0.1, -0.05) is 18.2 Å². The number of benzene rings is 2. The van der Waals surface area contributed by atoms with Gasteiger partial charge in [-0.2, -0.15) is 5.10 Å². The molecule has 1 amide bonds. The average molecular weight is 381 g/mol. The summed E-state index contributed by atoms with van der Waals surface area (Å²) in [5.41, 5.74) is 2.55. The van der Waals surface area contributed by atoms with Crippen LogP contribution in [0.2, 0.25) is 0 Å². The number of para-hydroxylation sites is 1. The number of amides is 1. The largest absolute Gasteiger partial charge is 0.493 e. The molecule has 2 aromatic carbocycles. The molecule has 0 aliphatic rings. The molecule has 146 valence electrons. The number of nitrogens with one attached hydrogen (secondary N) is 1. The highest BCUT2D eigenvalue weighted by Gasteiger charge is 2.19. The van der Waals surface area contributed by atoms with Gasteiger partial charge in [-0.25, -0.2) is 4.68 Å². The Balaban J connectivity index is 2.05. The number of nitrogens with zero attached hydrogens (tertiary/aromatic N) is 2. The number of carbonyl (C=O) groups is 1. The molecule has 0 aliphatic heterocycles. The molecule has 3 rings (SSSR count). The normalized spacial score (nSPS) is 10.5. The van der Waals surface area contributed by atoms with Gasteiger partial charge in [0, 0.05) is 24.9 Å². The van der Waals surface area contributed by atoms with E-state index in [1.54, 1.807) is 37.2 Å². The van der Waals surface area contributed by atoms with Crippen LogP contribution in [-0.2, 0) is 0 Å². The molecule has 7 nitrogen and oxygen atoms in total. The quantitative estimate of drug-likeness (QED) is 0.586. The SMILES string of the molecule is COc1ccc(-c2nn(-c3ccccc3)cc2C(=O)NCCCO)cc1OC. The van der Waals surface area contributed by atoms with E-state index in [1.165, 1.54) is 0 Å². The van der Waals surface area contributed by atoms with Crippen molar-refractivity contribution in [2.45, 2.75) is 6.42 Å². The van der Waals surface area contributed by atoms with E-state index in [1.807, 2.05) is 36.4 Å². The van der Waals surface area contributed by atoms with Crippen molar-refractivity contribution in [3.63, 3.8) is 0 Å². The molecular weight excluding hydrogens is 358 g/mol. The van der Waals surface area contributed by atoms with E-state index in [4.69, 9.17) is 14.6 Å². The average Bonchev–Trinajstić information content (AvgIpc) is 3.19. The molecule has 0 saturated carbocycles. The molecule has 0 spiro atoms. The maximum absolute atomic E-state index is 12.7. The number of aromatic nitrogens is 2. The van der Waals surface area contributed by atoms with Gasteiger partial charge in [0.25, 0.3) is 5.91 Å². The highest BCUT2D eigenvalue weighted by molar-refractivity contribution is 6.00. The first-order valence-corrected chi connectivity index (χ1v) is 8.94. The van der Waals surface area contributed by atoms with Crippen LogP contribution in [0.5, 0.6) is 11.5 Å². The minimum Gasteiger partial charge on any atom is -0.493 e. The number of hydrogen-bond acceptors (Lipinski definition) is 5. The highest BCUT2D eigenvalue weighted by atomic mass is 16.5. The summed E-state index contributed by atoms with van der Waals surface area (Å²) in [6, 6.07) is 15.0. The van der Waals surface area contributed by atoms with E-state index in [0.717, 1.165) is 11.3 Å². The highest BCUT2D eigenvalue weighted by Crippen LogP contribution is 2.33. The third-order valence-electron chi connectivity index (χ3n) is 4.26. The smallest absolute Gasteiger partial charge is 0.255 e. The first kappa shape index (κ1) is 19.4. The zero-order valence-corrected chi connectivity index (χ0v) is 15.9. The van der Waals surface area contributed by atoms with Crippen LogP contribution in [0.3, 0.4) is 0 Å². The number of rotatable bonds is 8. The van der Waals surface area contributed by atoms with Crippen molar-refractivity contribution in [3.05, 3.63) is 60.3 Å². The molecule has 0 unspecified atom stereocenters. The van der Waals surface area contributed by atoms with Gasteiger partial charge in [-0.15, -0.1) is 0 Å². The Hall–Kier alpha value is -3.32. The van der Waals surface area contributed by atoms with Crippen LogP contribution >= 0.6 is 0 Å². The number of methoxy groups -OCH3 is 2. The molecule has 0 fully saturated rings. The van der Waals surface area contributed by atoms with Gasteiger partial charge < -0.3 is 19.9 Å². The monoisotopic (exact) mass is 381 g/mol. The lowest BCUT2D eigenvalue weighted by molar-refractivity contribution is 0.0952. The molecule has 0 radical (unpaired) electrons. The number of ether oxygens (including phenoxy) is 2. The third kappa shape index (κ3) is 4.15. The van der Waals surface area contributed by atoms with Gasteiger partial charge in [-0.3, -0.25) is 4.79 Å². The van der Waals surface area contributed by atoms with E-state index in [9.17, 15) is 4.79 Å². The fourth-order valence-corrected chi connectivity index (χ4v) is 2.83.